The molecule has 3 rings (SSSR count). The molecule has 1 N–H and O–H groups in total. The van der Waals surface area contributed by atoms with Crippen LogP contribution in [0.1, 0.15) is 23.1 Å². The lowest BCUT2D eigenvalue weighted by Crippen LogP contribution is -2.34. The van der Waals surface area contributed by atoms with E-state index in [0.29, 0.717) is 6.04 Å². The van der Waals surface area contributed by atoms with Crippen LogP contribution in [0.25, 0.3) is 0 Å². The van der Waals surface area contributed by atoms with Crippen molar-refractivity contribution in [3.05, 3.63) is 65.2 Å². The molecule has 20 heavy (non-hydrogen) atoms. The molecule has 104 valence electrons. The second-order valence-electron chi connectivity index (χ2n) is 5.44. The van der Waals surface area contributed by atoms with Gasteiger partial charge in [-0.2, -0.15) is 0 Å². The number of rotatable bonds is 4. The maximum atomic E-state index is 5.30. The monoisotopic (exact) mass is 267 g/mol. The summed E-state index contributed by atoms with van der Waals surface area (Å²) in [6.07, 6.45) is 3.46. The molecular weight excluding hydrogens is 246 g/mol. The zero-order chi connectivity index (χ0) is 13.8. The minimum atomic E-state index is 0.580. The van der Waals surface area contributed by atoms with Crippen molar-refractivity contribution < 1.29 is 4.74 Å². The van der Waals surface area contributed by atoms with Crippen LogP contribution in [0.15, 0.2) is 48.5 Å². The molecule has 1 aliphatic rings. The molecule has 0 radical (unpaired) electrons. The highest BCUT2D eigenvalue weighted by Crippen LogP contribution is 2.25. The van der Waals surface area contributed by atoms with Gasteiger partial charge in [-0.3, -0.25) is 0 Å². The highest BCUT2D eigenvalue weighted by molar-refractivity contribution is 5.37. The Morgan fingerprint density at radius 1 is 1.10 bits per heavy atom. The first-order valence-corrected chi connectivity index (χ1v) is 7.28. The third kappa shape index (κ3) is 3.02. The summed E-state index contributed by atoms with van der Waals surface area (Å²) in [6, 6.07) is 17.7. The topological polar surface area (TPSA) is 21.3 Å². The summed E-state index contributed by atoms with van der Waals surface area (Å²) >= 11 is 0. The van der Waals surface area contributed by atoms with Gasteiger partial charge in [-0.1, -0.05) is 36.4 Å². The van der Waals surface area contributed by atoms with Gasteiger partial charge in [-0.05, 0) is 48.1 Å². The molecule has 1 aliphatic carbocycles. The fourth-order valence-electron chi connectivity index (χ4n) is 2.89. The van der Waals surface area contributed by atoms with Crippen LogP contribution in [0.3, 0.4) is 0 Å². The molecule has 0 fully saturated rings. The molecule has 2 aromatic rings. The van der Waals surface area contributed by atoms with Gasteiger partial charge in [-0.15, -0.1) is 0 Å². The van der Waals surface area contributed by atoms with Gasteiger partial charge in [0.05, 0.1) is 7.11 Å². The number of methoxy groups -OCH3 is 1. The van der Waals surface area contributed by atoms with E-state index in [2.05, 4.69) is 53.8 Å². The zero-order valence-electron chi connectivity index (χ0n) is 11.9. The van der Waals surface area contributed by atoms with Crippen LogP contribution in [-0.4, -0.2) is 13.2 Å². The number of ether oxygens (including phenoxy) is 1. The first-order valence-electron chi connectivity index (χ1n) is 7.28. The van der Waals surface area contributed by atoms with E-state index in [1.54, 1.807) is 7.11 Å². The lowest BCUT2D eigenvalue weighted by molar-refractivity contribution is 0.411. The standard InChI is InChI=1S/C18H21NO/c1-20-18-10-8-15-11-17(9-7-16(15)12-18)19-13-14-5-3-2-4-6-14/h2-6,8,10,12,17,19H,7,9,11,13H2,1H3/t17-/m0/s1. The number of aryl methyl sites for hydroxylation is 1. The number of hydrogen-bond acceptors (Lipinski definition) is 2. The summed E-state index contributed by atoms with van der Waals surface area (Å²) < 4.78 is 5.30. The maximum Gasteiger partial charge on any atom is 0.119 e. The van der Waals surface area contributed by atoms with Crippen molar-refractivity contribution in [3.63, 3.8) is 0 Å². The molecule has 0 unspecified atom stereocenters. The largest absolute Gasteiger partial charge is 0.497 e. The van der Waals surface area contributed by atoms with Crippen molar-refractivity contribution >= 4 is 0 Å². The van der Waals surface area contributed by atoms with Crippen LogP contribution in [0.4, 0.5) is 0 Å². The molecule has 0 heterocycles. The maximum absolute atomic E-state index is 5.30. The molecule has 0 aliphatic heterocycles. The third-order valence-corrected chi connectivity index (χ3v) is 4.08. The summed E-state index contributed by atoms with van der Waals surface area (Å²) in [5.74, 6) is 0.972. The fourth-order valence-corrected chi connectivity index (χ4v) is 2.89. The van der Waals surface area contributed by atoms with Crippen LogP contribution < -0.4 is 10.1 Å². The predicted octanol–water partition coefficient (Wildman–Crippen LogP) is 3.34. The average molecular weight is 267 g/mol. The highest BCUT2D eigenvalue weighted by Gasteiger charge is 2.18. The van der Waals surface area contributed by atoms with Crippen LogP contribution in [-0.2, 0) is 19.4 Å². The van der Waals surface area contributed by atoms with Crippen LogP contribution in [0.2, 0.25) is 0 Å². The molecular formula is C18H21NO. The second kappa shape index (κ2) is 6.10. The van der Waals surface area contributed by atoms with Gasteiger partial charge in [0.25, 0.3) is 0 Å². The van der Waals surface area contributed by atoms with E-state index >= 15 is 0 Å². The quantitative estimate of drug-likeness (QED) is 0.917. The van der Waals surface area contributed by atoms with Gasteiger partial charge in [0.15, 0.2) is 0 Å². The van der Waals surface area contributed by atoms with Crippen molar-refractivity contribution in [2.75, 3.05) is 7.11 Å². The summed E-state index contributed by atoms with van der Waals surface area (Å²) in [7, 11) is 1.73. The number of nitrogens with one attached hydrogen (secondary N) is 1. The van der Waals surface area contributed by atoms with Crippen molar-refractivity contribution in [1.29, 1.82) is 0 Å². The van der Waals surface area contributed by atoms with Crippen molar-refractivity contribution in [2.45, 2.75) is 31.8 Å². The molecule has 0 bridgehead atoms. The minimum Gasteiger partial charge on any atom is -0.497 e. The molecule has 0 saturated carbocycles. The van der Waals surface area contributed by atoms with Gasteiger partial charge in [0.2, 0.25) is 0 Å². The minimum absolute atomic E-state index is 0.580. The Hall–Kier alpha value is -1.80. The molecule has 0 saturated heterocycles. The molecule has 2 nitrogen and oxygen atoms in total. The predicted molar refractivity (Wildman–Crippen MR) is 82.1 cm³/mol. The van der Waals surface area contributed by atoms with Crippen LogP contribution in [0.5, 0.6) is 5.75 Å². The number of hydrogen-bond donors (Lipinski definition) is 1. The van der Waals surface area contributed by atoms with E-state index in [9.17, 15) is 0 Å². The van der Waals surface area contributed by atoms with E-state index in [-0.39, 0.29) is 0 Å². The SMILES string of the molecule is COc1ccc2c(c1)CC[C@H](NCc1ccccc1)C2. The van der Waals surface area contributed by atoms with Gasteiger partial charge < -0.3 is 10.1 Å². The first-order chi connectivity index (χ1) is 9.85. The molecule has 2 heteroatoms. The van der Waals surface area contributed by atoms with Gasteiger partial charge >= 0.3 is 0 Å². The van der Waals surface area contributed by atoms with Gasteiger partial charge in [0.1, 0.15) is 5.75 Å². The number of fused-ring (bicyclic) bond motifs is 1. The number of benzene rings is 2. The highest BCUT2D eigenvalue weighted by atomic mass is 16.5. The second-order valence-corrected chi connectivity index (χ2v) is 5.44. The van der Waals surface area contributed by atoms with E-state index in [0.717, 1.165) is 25.1 Å². The summed E-state index contributed by atoms with van der Waals surface area (Å²) in [6.45, 7) is 0.955. The normalized spacial score (nSPS) is 17.6. The van der Waals surface area contributed by atoms with Crippen LogP contribution >= 0.6 is 0 Å². The summed E-state index contributed by atoms with van der Waals surface area (Å²) in [5, 5.41) is 3.68. The smallest absolute Gasteiger partial charge is 0.119 e. The Morgan fingerprint density at radius 3 is 2.75 bits per heavy atom. The van der Waals surface area contributed by atoms with E-state index in [4.69, 9.17) is 4.74 Å². The van der Waals surface area contributed by atoms with E-state index in [1.165, 1.54) is 23.1 Å². The van der Waals surface area contributed by atoms with E-state index in [1.807, 2.05) is 0 Å². The molecule has 0 aromatic heterocycles. The summed E-state index contributed by atoms with van der Waals surface area (Å²) in [4.78, 5) is 0. The lowest BCUT2D eigenvalue weighted by Gasteiger charge is -2.26. The average Bonchev–Trinajstić information content (AvgIpc) is 2.53. The Balaban J connectivity index is 1.61. The van der Waals surface area contributed by atoms with Crippen LogP contribution in [0, 0.1) is 0 Å². The fraction of sp³-hybridized carbons (Fsp3) is 0.333. The van der Waals surface area contributed by atoms with Crippen molar-refractivity contribution in [1.82, 2.24) is 5.32 Å². The summed E-state index contributed by atoms with van der Waals surface area (Å²) in [5.41, 5.74) is 4.26. The van der Waals surface area contributed by atoms with E-state index < -0.39 is 0 Å². The van der Waals surface area contributed by atoms with Crippen molar-refractivity contribution in [3.8, 4) is 5.75 Å². The lowest BCUT2D eigenvalue weighted by atomic mass is 9.88. The van der Waals surface area contributed by atoms with Gasteiger partial charge in [-0.25, -0.2) is 0 Å². The molecule has 1 atom stereocenters. The first kappa shape index (κ1) is 13.2. The van der Waals surface area contributed by atoms with Crippen molar-refractivity contribution in [2.24, 2.45) is 0 Å². The third-order valence-electron chi connectivity index (χ3n) is 4.08. The van der Waals surface area contributed by atoms with Gasteiger partial charge in [0, 0.05) is 12.6 Å². The molecule has 2 aromatic carbocycles. The zero-order valence-corrected chi connectivity index (χ0v) is 11.9. The Morgan fingerprint density at radius 2 is 1.95 bits per heavy atom. The Labute approximate surface area is 120 Å². The Bertz CT molecular complexity index is 565. The molecule has 0 spiro atoms. The molecule has 0 amide bonds. The Kier molecular flexibility index (Phi) is 4.03.